The normalized spacial score (nSPS) is 10.7. The molecule has 0 saturated carbocycles. The molecule has 3 aromatic carbocycles. The van der Waals surface area contributed by atoms with Crippen molar-refractivity contribution in [2.45, 2.75) is 0 Å². The number of amides is 1. The van der Waals surface area contributed by atoms with Crippen LogP contribution in [0.4, 0.5) is 4.39 Å². The summed E-state index contributed by atoms with van der Waals surface area (Å²) in [6.07, 6.45) is 1.39. The van der Waals surface area contributed by atoms with E-state index in [-0.39, 0.29) is 23.7 Å². The summed E-state index contributed by atoms with van der Waals surface area (Å²) in [5.41, 5.74) is 3.01. The van der Waals surface area contributed by atoms with Gasteiger partial charge in [-0.05, 0) is 86.0 Å². The van der Waals surface area contributed by atoms with Gasteiger partial charge in [-0.15, -0.1) is 0 Å². The molecule has 3 rings (SSSR count). The Bertz CT molecular complexity index is 1230. The number of ether oxygens (including phenoxy) is 3. The van der Waals surface area contributed by atoms with Crippen LogP contribution in [0.3, 0.4) is 0 Å². The van der Waals surface area contributed by atoms with Gasteiger partial charge in [0.15, 0.2) is 18.1 Å². The van der Waals surface area contributed by atoms with Crippen LogP contribution in [-0.2, 0) is 4.79 Å². The van der Waals surface area contributed by atoms with Crippen LogP contribution < -0.4 is 19.6 Å². The van der Waals surface area contributed by atoms with Crippen molar-refractivity contribution in [3.63, 3.8) is 0 Å². The van der Waals surface area contributed by atoms with E-state index >= 15 is 0 Å². The number of halogens is 4. The molecule has 0 fully saturated rings. The third kappa shape index (κ3) is 7.12. The largest absolute Gasteiger partial charge is 0.493 e. The molecule has 176 valence electrons. The highest BCUT2D eigenvalue weighted by molar-refractivity contribution is 9.11. The highest BCUT2D eigenvalue weighted by Gasteiger charge is 2.14. The Morgan fingerprint density at radius 1 is 1.03 bits per heavy atom. The van der Waals surface area contributed by atoms with Crippen LogP contribution in [0.25, 0.3) is 0 Å². The average molecular weight is 659 g/mol. The van der Waals surface area contributed by atoms with Crippen molar-refractivity contribution in [2.75, 3.05) is 13.7 Å². The maximum Gasteiger partial charge on any atom is 0.343 e. The molecule has 0 unspecified atom stereocenters. The van der Waals surface area contributed by atoms with Gasteiger partial charge in [-0.25, -0.2) is 14.6 Å². The first-order chi connectivity index (χ1) is 16.3. The van der Waals surface area contributed by atoms with E-state index in [0.29, 0.717) is 20.3 Å². The molecule has 0 bridgehead atoms. The van der Waals surface area contributed by atoms with E-state index in [1.807, 2.05) is 0 Å². The lowest BCUT2D eigenvalue weighted by atomic mass is 10.2. The van der Waals surface area contributed by atoms with Gasteiger partial charge in [0.05, 0.1) is 27.8 Å². The van der Waals surface area contributed by atoms with Gasteiger partial charge < -0.3 is 14.2 Å². The number of carbonyl (C=O) groups excluding carboxylic acids is 2. The molecule has 1 N–H and O–H groups in total. The lowest BCUT2D eigenvalue weighted by Gasteiger charge is -2.10. The third-order valence-corrected chi connectivity index (χ3v) is 5.80. The lowest BCUT2D eigenvalue weighted by Crippen LogP contribution is -2.24. The Balaban J connectivity index is 1.58. The van der Waals surface area contributed by atoms with E-state index in [9.17, 15) is 14.0 Å². The molecule has 0 aromatic heterocycles. The van der Waals surface area contributed by atoms with Crippen LogP contribution in [0.2, 0.25) is 0 Å². The number of nitrogens with zero attached hydrogens (tertiary/aromatic N) is 1. The maximum absolute atomic E-state index is 13.3. The average Bonchev–Trinajstić information content (AvgIpc) is 2.79. The zero-order valence-electron chi connectivity index (χ0n) is 17.5. The predicted octanol–water partition coefficient (Wildman–Crippen LogP) is 5.87. The molecular formula is C23H16Br3FN2O5. The van der Waals surface area contributed by atoms with Crippen molar-refractivity contribution >= 4 is 65.9 Å². The number of carbonyl (C=O) groups is 2. The third-order valence-electron chi connectivity index (χ3n) is 4.16. The first kappa shape index (κ1) is 25.9. The summed E-state index contributed by atoms with van der Waals surface area (Å²) < 4.78 is 31.6. The van der Waals surface area contributed by atoms with E-state index < -0.39 is 17.7 Å². The highest BCUT2D eigenvalue weighted by atomic mass is 79.9. The van der Waals surface area contributed by atoms with Gasteiger partial charge in [-0.3, -0.25) is 4.79 Å². The van der Waals surface area contributed by atoms with Gasteiger partial charge in [0.2, 0.25) is 0 Å². The molecule has 0 heterocycles. The van der Waals surface area contributed by atoms with Crippen LogP contribution in [-0.4, -0.2) is 31.8 Å². The molecule has 1 amide bonds. The zero-order chi connectivity index (χ0) is 24.7. The van der Waals surface area contributed by atoms with Gasteiger partial charge in [-0.2, -0.15) is 5.10 Å². The molecule has 0 radical (unpaired) electrons. The van der Waals surface area contributed by atoms with Gasteiger partial charge >= 0.3 is 5.97 Å². The second kappa shape index (κ2) is 12.1. The van der Waals surface area contributed by atoms with Gasteiger partial charge in [0.1, 0.15) is 11.6 Å². The summed E-state index contributed by atoms with van der Waals surface area (Å²) >= 11 is 10.1. The van der Waals surface area contributed by atoms with E-state index in [0.717, 1.165) is 10.5 Å². The second-order valence-electron chi connectivity index (χ2n) is 6.59. The summed E-state index contributed by atoms with van der Waals surface area (Å²) in [6, 6.07) is 13.4. The summed E-state index contributed by atoms with van der Waals surface area (Å²) in [6.45, 7) is -0.255. The number of hydrogen-bond acceptors (Lipinski definition) is 6. The first-order valence-corrected chi connectivity index (χ1v) is 11.9. The van der Waals surface area contributed by atoms with Gasteiger partial charge in [0, 0.05) is 4.47 Å². The molecule has 0 aliphatic carbocycles. The molecule has 0 aliphatic rings. The number of methoxy groups -OCH3 is 1. The molecule has 7 nitrogen and oxygen atoms in total. The van der Waals surface area contributed by atoms with Crippen LogP contribution in [0.15, 0.2) is 73.1 Å². The van der Waals surface area contributed by atoms with Crippen LogP contribution in [0.1, 0.15) is 15.9 Å². The Hall–Kier alpha value is -2.76. The Morgan fingerprint density at radius 3 is 2.44 bits per heavy atom. The molecular weight excluding hydrogens is 643 g/mol. The topological polar surface area (TPSA) is 86.2 Å². The quantitative estimate of drug-likeness (QED) is 0.142. The van der Waals surface area contributed by atoms with Crippen LogP contribution in [0, 0.1) is 5.82 Å². The lowest BCUT2D eigenvalue weighted by molar-refractivity contribution is -0.123. The van der Waals surface area contributed by atoms with Crippen molar-refractivity contribution in [1.82, 2.24) is 5.43 Å². The summed E-state index contributed by atoms with van der Waals surface area (Å²) in [4.78, 5) is 24.3. The van der Waals surface area contributed by atoms with Crippen molar-refractivity contribution in [3.05, 3.63) is 85.0 Å². The Kier molecular flexibility index (Phi) is 9.20. The number of esters is 1. The van der Waals surface area contributed by atoms with E-state index in [4.69, 9.17) is 14.2 Å². The molecule has 0 atom stereocenters. The number of hydrogen-bond donors (Lipinski definition) is 1. The molecule has 0 aliphatic heterocycles. The number of benzene rings is 3. The van der Waals surface area contributed by atoms with E-state index in [1.54, 1.807) is 24.3 Å². The highest BCUT2D eigenvalue weighted by Crippen LogP contribution is 2.36. The molecule has 34 heavy (non-hydrogen) atoms. The predicted molar refractivity (Wildman–Crippen MR) is 135 cm³/mol. The summed E-state index contributed by atoms with van der Waals surface area (Å²) in [5.74, 6) is -0.848. The zero-order valence-corrected chi connectivity index (χ0v) is 22.2. The van der Waals surface area contributed by atoms with Crippen molar-refractivity contribution in [2.24, 2.45) is 5.10 Å². The fourth-order valence-electron chi connectivity index (χ4n) is 2.64. The Morgan fingerprint density at radius 2 is 1.76 bits per heavy atom. The fourth-order valence-corrected chi connectivity index (χ4v) is 5.13. The van der Waals surface area contributed by atoms with E-state index in [2.05, 4.69) is 58.3 Å². The van der Waals surface area contributed by atoms with Gasteiger partial charge in [0.25, 0.3) is 5.91 Å². The maximum atomic E-state index is 13.3. The fraction of sp³-hybridized carbons (Fsp3) is 0.0870. The second-order valence-corrected chi connectivity index (χ2v) is 9.21. The van der Waals surface area contributed by atoms with Crippen LogP contribution >= 0.6 is 47.8 Å². The van der Waals surface area contributed by atoms with Gasteiger partial charge in [-0.1, -0.05) is 22.0 Å². The molecule has 3 aromatic rings. The van der Waals surface area contributed by atoms with Crippen LogP contribution in [0.5, 0.6) is 17.2 Å². The molecule has 0 spiro atoms. The summed E-state index contributed by atoms with van der Waals surface area (Å²) in [7, 11) is 1.41. The monoisotopic (exact) mass is 656 g/mol. The minimum Gasteiger partial charge on any atom is -0.493 e. The van der Waals surface area contributed by atoms with Crippen molar-refractivity contribution < 1.29 is 28.2 Å². The molecule has 11 heteroatoms. The number of nitrogens with one attached hydrogen (secondary N) is 1. The van der Waals surface area contributed by atoms with Crippen molar-refractivity contribution in [3.8, 4) is 17.2 Å². The first-order valence-electron chi connectivity index (χ1n) is 9.52. The summed E-state index contributed by atoms with van der Waals surface area (Å²) in [5, 5.41) is 3.90. The minimum atomic E-state index is -0.726. The number of rotatable bonds is 8. The SMILES string of the molecule is COc1cc(/C=N\NC(=O)COc2c(Br)cc(Br)cc2Br)ccc1OC(=O)c1cccc(F)c1. The Labute approximate surface area is 219 Å². The minimum absolute atomic E-state index is 0.0693. The van der Waals surface area contributed by atoms with E-state index in [1.165, 1.54) is 37.6 Å². The smallest absolute Gasteiger partial charge is 0.343 e. The standard InChI is InChI=1S/C23H16Br3FN2O5/c1-32-20-7-13(5-6-19(20)34-23(31)14-3-2-4-16(27)8-14)11-28-29-21(30)12-33-22-17(25)9-15(24)10-18(22)26/h2-11H,12H2,1H3,(H,29,30)/b28-11-. The van der Waals surface area contributed by atoms with Crippen molar-refractivity contribution in [1.29, 1.82) is 0 Å². The number of hydrazone groups is 1. The molecule has 0 saturated heterocycles.